The number of pyridine rings is 1. The lowest BCUT2D eigenvalue weighted by Gasteiger charge is -2.27. The molecule has 1 aliphatic carbocycles. The summed E-state index contributed by atoms with van der Waals surface area (Å²) >= 11 is 0. The van der Waals surface area contributed by atoms with Crippen molar-refractivity contribution < 1.29 is 14.3 Å². The van der Waals surface area contributed by atoms with Gasteiger partial charge in [0.2, 0.25) is 5.91 Å². The molecule has 1 atom stereocenters. The number of fused-ring (bicyclic) bond motifs is 2. The van der Waals surface area contributed by atoms with Gasteiger partial charge in [0.25, 0.3) is 0 Å². The number of hydrogen-bond acceptors (Lipinski definition) is 5. The summed E-state index contributed by atoms with van der Waals surface area (Å²) in [4.78, 5) is 31.9. The van der Waals surface area contributed by atoms with Gasteiger partial charge in [0.05, 0.1) is 29.2 Å². The molecule has 0 radical (unpaired) electrons. The molecule has 1 unspecified atom stereocenters. The summed E-state index contributed by atoms with van der Waals surface area (Å²) in [7, 11) is 0. The molecule has 2 aliphatic heterocycles. The number of carbonyl (C=O) groups excluding carboxylic acids is 2. The fourth-order valence-corrected chi connectivity index (χ4v) is 5.33. The number of benzene rings is 2. The lowest BCUT2D eigenvalue weighted by molar-refractivity contribution is -0.134. The fourth-order valence-electron chi connectivity index (χ4n) is 5.33. The maximum absolute atomic E-state index is 13.6. The third kappa shape index (κ3) is 3.52. The standard InChI is InChI=1S/C29H23N3O3/c30-17-22-5-3-20(4-6-22)1-2-21-7-9-23(10-8-21)28(12-13-28)27(34)32-16-14-29(19-32)25-11-15-31-18-24(25)26(33)35-29/h1-11,15,18H,12-14,16,19H2. The molecule has 6 nitrogen and oxygen atoms in total. The SMILES string of the molecule is N#Cc1ccc(C=Cc2ccc(C3(C(=O)N4CCC5(C4)OC(=O)c4cnccc45)CC3)cc2)cc1. The molecule has 172 valence electrons. The van der Waals surface area contributed by atoms with E-state index in [1.54, 1.807) is 24.5 Å². The summed E-state index contributed by atoms with van der Waals surface area (Å²) in [5, 5.41) is 8.93. The van der Waals surface area contributed by atoms with Gasteiger partial charge in [-0.25, -0.2) is 4.79 Å². The minimum absolute atomic E-state index is 0.119. The first-order chi connectivity index (χ1) is 17.0. The van der Waals surface area contributed by atoms with E-state index in [1.807, 2.05) is 59.5 Å². The van der Waals surface area contributed by atoms with E-state index in [4.69, 9.17) is 10.00 Å². The van der Waals surface area contributed by atoms with Gasteiger partial charge in [-0.15, -0.1) is 0 Å². The van der Waals surface area contributed by atoms with Crippen LogP contribution in [0.25, 0.3) is 12.2 Å². The Balaban J connectivity index is 1.17. The van der Waals surface area contributed by atoms with Crippen LogP contribution >= 0.6 is 0 Å². The number of carbonyl (C=O) groups is 2. The van der Waals surface area contributed by atoms with E-state index < -0.39 is 11.0 Å². The Morgan fingerprint density at radius 3 is 2.34 bits per heavy atom. The van der Waals surface area contributed by atoms with E-state index >= 15 is 0 Å². The molecule has 35 heavy (non-hydrogen) atoms. The van der Waals surface area contributed by atoms with E-state index in [1.165, 1.54) is 0 Å². The van der Waals surface area contributed by atoms with Crippen molar-refractivity contribution in [2.75, 3.05) is 13.1 Å². The van der Waals surface area contributed by atoms with E-state index in [2.05, 4.69) is 11.1 Å². The Bertz CT molecular complexity index is 1400. The van der Waals surface area contributed by atoms with Crippen LogP contribution in [-0.2, 0) is 20.5 Å². The van der Waals surface area contributed by atoms with Gasteiger partial charge in [-0.3, -0.25) is 9.78 Å². The summed E-state index contributed by atoms with van der Waals surface area (Å²) in [6, 6.07) is 19.6. The molecule has 1 saturated heterocycles. The molecule has 3 aromatic rings. The van der Waals surface area contributed by atoms with E-state index in [9.17, 15) is 9.59 Å². The molecule has 1 amide bonds. The number of esters is 1. The van der Waals surface area contributed by atoms with Gasteiger partial charge in [0.1, 0.15) is 0 Å². The van der Waals surface area contributed by atoms with Crippen molar-refractivity contribution >= 4 is 24.0 Å². The second-order valence-corrected chi connectivity index (χ2v) is 9.55. The van der Waals surface area contributed by atoms with Crippen molar-refractivity contribution in [3.05, 3.63) is 100 Å². The molecule has 1 spiro atoms. The zero-order valence-corrected chi connectivity index (χ0v) is 19.1. The zero-order valence-electron chi connectivity index (χ0n) is 19.1. The van der Waals surface area contributed by atoms with Crippen LogP contribution in [0.3, 0.4) is 0 Å². The quantitative estimate of drug-likeness (QED) is 0.423. The third-order valence-corrected chi connectivity index (χ3v) is 7.47. The van der Waals surface area contributed by atoms with E-state index in [0.29, 0.717) is 30.6 Å². The minimum Gasteiger partial charge on any atom is -0.449 e. The summed E-state index contributed by atoms with van der Waals surface area (Å²) < 4.78 is 5.80. The van der Waals surface area contributed by atoms with Gasteiger partial charge < -0.3 is 9.64 Å². The normalized spacial score (nSPS) is 21.7. The monoisotopic (exact) mass is 461 g/mol. The molecule has 2 fully saturated rings. The van der Waals surface area contributed by atoms with Crippen molar-refractivity contribution in [1.29, 1.82) is 5.26 Å². The first kappa shape index (κ1) is 21.3. The highest BCUT2D eigenvalue weighted by Crippen LogP contribution is 2.52. The van der Waals surface area contributed by atoms with Crippen LogP contribution in [0.2, 0.25) is 0 Å². The Hall–Kier alpha value is -4.24. The average Bonchev–Trinajstić information content (AvgIpc) is 3.53. The summed E-state index contributed by atoms with van der Waals surface area (Å²) in [5.74, 6) is -0.234. The summed E-state index contributed by atoms with van der Waals surface area (Å²) in [6.45, 7) is 0.961. The van der Waals surface area contributed by atoms with Gasteiger partial charge in [-0.1, -0.05) is 48.6 Å². The largest absolute Gasteiger partial charge is 0.449 e. The van der Waals surface area contributed by atoms with E-state index in [-0.39, 0.29) is 11.9 Å². The highest BCUT2D eigenvalue weighted by molar-refractivity contribution is 5.95. The zero-order chi connectivity index (χ0) is 24.0. The predicted molar refractivity (Wildman–Crippen MR) is 130 cm³/mol. The van der Waals surface area contributed by atoms with Crippen LogP contribution < -0.4 is 0 Å². The van der Waals surface area contributed by atoms with Gasteiger partial charge >= 0.3 is 5.97 Å². The number of nitrogens with zero attached hydrogens (tertiary/aromatic N) is 3. The lowest BCUT2D eigenvalue weighted by atomic mass is 9.92. The number of likely N-dealkylation sites (tertiary alicyclic amines) is 1. The summed E-state index contributed by atoms with van der Waals surface area (Å²) in [5.41, 5.74) is 3.86. The Kier molecular flexibility index (Phi) is 4.82. The van der Waals surface area contributed by atoms with Gasteiger partial charge in [0.15, 0.2) is 5.60 Å². The molecule has 0 N–H and O–H groups in total. The van der Waals surface area contributed by atoms with Crippen molar-refractivity contribution in [2.45, 2.75) is 30.3 Å². The third-order valence-electron chi connectivity index (χ3n) is 7.47. The molecule has 2 aromatic carbocycles. The molecular weight excluding hydrogens is 438 g/mol. The fraction of sp³-hybridized carbons (Fsp3) is 0.241. The van der Waals surface area contributed by atoms with Gasteiger partial charge in [-0.2, -0.15) is 5.26 Å². The highest BCUT2D eigenvalue weighted by atomic mass is 16.6. The molecule has 1 saturated carbocycles. The molecule has 3 aliphatic rings. The second-order valence-electron chi connectivity index (χ2n) is 9.55. The number of ether oxygens (including phenoxy) is 1. The average molecular weight is 462 g/mol. The molecule has 0 bridgehead atoms. The lowest BCUT2D eigenvalue weighted by Crippen LogP contribution is -2.40. The topological polar surface area (TPSA) is 83.3 Å². The van der Waals surface area contributed by atoms with E-state index in [0.717, 1.165) is 35.1 Å². The molecule has 6 rings (SSSR count). The molecular formula is C29H23N3O3. The van der Waals surface area contributed by atoms with Crippen LogP contribution in [0, 0.1) is 11.3 Å². The second kappa shape index (κ2) is 7.92. The van der Waals surface area contributed by atoms with Crippen LogP contribution in [0.5, 0.6) is 0 Å². The van der Waals surface area contributed by atoms with Crippen LogP contribution in [0.4, 0.5) is 0 Å². The Labute approximate surface area is 203 Å². The van der Waals surface area contributed by atoms with Gasteiger partial charge in [0, 0.05) is 30.9 Å². The highest BCUT2D eigenvalue weighted by Gasteiger charge is 2.57. The van der Waals surface area contributed by atoms with Crippen molar-refractivity contribution in [1.82, 2.24) is 9.88 Å². The number of nitriles is 1. The number of aromatic nitrogens is 1. The molecule has 6 heteroatoms. The van der Waals surface area contributed by atoms with Gasteiger partial charge in [-0.05, 0) is 47.7 Å². The molecule has 3 heterocycles. The number of amides is 1. The van der Waals surface area contributed by atoms with Crippen LogP contribution in [0.15, 0.2) is 67.0 Å². The van der Waals surface area contributed by atoms with Crippen LogP contribution in [0.1, 0.15) is 57.4 Å². The minimum atomic E-state index is -0.749. The Morgan fingerprint density at radius 1 is 1.00 bits per heavy atom. The van der Waals surface area contributed by atoms with Crippen molar-refractivity contribution in [3.63, 3.8) is 0 Å². The summed E-state index contributed by atoms with van der Waals surface area (Å²) in [6.07, 6.45) is 9.53. The smallest absolute Gasteiger partial charge is 0.341 e. The Morgan fingerprint density at radius 2 is 1.69 bits per heavy atom. The predicted octanol–water partition coefficient (Wildman–Crippen LogP) is 4.45. The maximum atomic E-state index is 13.6. The molecule has 1 aromatic heterocycles. The van der Waals surface area contributed by atoms with Crippen molar-refractivity contribution in [3.8, 4) is 6.07 Å². The maximum Gasteiger partial charge on any atom is 0.341 e. The first-order valence-electron chi connectivity index (χ1n) is 11.8. The van der Waals surface area contributed by atoms with Crippen LogP contribution in [-0.4, -0.2) is 34.8 Å². The first-order valence-corrected chi connectivity index (χ1v) is 11.8. The number of rotatable bonds is 4. The van der Waals surface area contributed by atoms with Crippen molar-refractivity contribution in [2.24, 2.45) is 0 Å². The number of hydrogen-bond donors (Lipinski definition) is 0.